The summed E-state index contributed by atoms with van der Waals surface area (Å²) in [6.45, 7) is 3.75. The lowest BCUT2D eigenvalue weighted by atomic mass is 9.94. The number of benzene rings is 2. The highest BCUT2D eigenvalue weighted by atomic mass is 16.1. The largest absolute Gasteiger partial charge is 0.300 e. The fourth-order valence-electron chi connectivity index (χ4n) is 2.06. The van der Waals surface area contributed by atoms with E-state index in [-0.39, 0.29) is 5.78 Å². The van der Waals surface area contributed by atoms with Gasteiger partial charge in [0.15, 0.2) is 0 Å². The third-order valence-electron chi connectivity index (χ3n) is 2.94. The van der Waals surface area contributed by atoms with Crippen LogP contribution in [0.25, 0.3) is 10.8 Å². The van der Waals surface area contributed by atoms with Gasteiger partial charge in [0, 0.05) is 6.42 Å². The van der Waals surface area contributed by atoms with Crippen LogP contribution in [0.5, 0.6) is 0 Å². The van der Waals surface area contributed by atoms with Crippen molar-refractivity contribution in [2.75, 3.05) is 0 Å². The highest BCUT2D eigenvalue weighted by Gasteiger charge is 2.08. The number of rotatable bonds is 3. The summed E-state index contributed by atoms with van der Waals surface area (Å²) in [7, 11) is 0. The Kier molecular flexibility index (Phi) is 3.04. The first-order valence-corrected chi connectivity index (χ1v) is 5.65. The molecule has 0 amide bonds. The van der Waals surface area contributed by atoms with Gasteiger partial charge in [0.25, 0.3) is 0 Å². The quantitative estimate of drug-likeness (QED) is 0.753. The number of Topliss-reactive ketones (excluding diaryl/α,β-unsaturated/α-hetero) is 1. The fourth-order valence-corrected chi connectivity index (χ4v) is 2.06. The van der Waals surface area contributed by atoms with Crippen molar-refractivity contribution in [2.45, 2.75) is 26.2 Å². The molecular weight excluding hydrogens is 196 g/mol. The molecule has 0 spiro atoms. The second kappa shape index (κ2) is 4.48. The van der Waals surface area contributed by atoms with Gasteiger partial charge in [0.1, 0.15) is 5.78 Å². The Labute approximate surface area is 96.1 Å². The molecule has 0 N–H and O–H groups in total. The van der Waals surface area contributed by atoms with Gasteiger partial charge < -0.3 is 4.79 Å². The molecule has 82 valence electrons. The average molecular weight is 212 g/mol. The highest BCUT2D eigenvalue weighted by Crippen LogP contribution is 2.23. The normalized spacial score (nSPS) is 12.6. The molecule has 1 unspecified atom stereocenters. The predicted octanol–water partition coefficient (Wildman–Crippen LogP) is 3.92. The average Bonchev–Trinajstić information content (AvgIpc) is 2.27. The zero-order chi connectivity index (χ0) is 11.5. The number of carbonyl (C=O) groups is 1. The number of hydrogen-bond donors (Lipinski definition) is 0. The number of fused-ring (bicyclic) bond motifs is 1. The molecule has 0 heterocycles. The minimum atomic E-state index is 0.251. The van der Waals surface area contributed by atoms with Crippen LogP contribution in [0.4, 0.5) is 0 Å². The third-order valence-corrected chi connectivity index (χ3v) is 2.94. The Morgan fingerprint density at radius 3 is 2.50 bits per heavy atom. The maximum atomic E-state index is 11.1. The minimum Gasteiger partial charge on any atom is -0.300 e. The molecule has 2 aromatic rings. The first-order valence-electron chi connectivity index (χ1n) is 5.65. The molecule has 1 nitrogen and oxygen atoms in total. The lowest BCUT2D eigenvalue weighted by molar-refractivity contribution is -0.117. The van der Waals surface area contributed by atoms with E-state index in [1.807, 2.05) is 12.1 Å². The summed E-state index contributed by atoms with van der Waals surface area (Å²) in [6.07, 6.45) is 0.623. The van der Waals surface area contributed by atoms with Gasteiger partial charge in [0.2, 0.25) is 0 Å². The van der Waals surface area contributed by atoms with Gasteiger partial charge in [-0.15, -0.1) is 0 Å². The lowest BCUT2D eigenvalue weighted by Gasteiger charge is -2.10. The molecular formula is C15H16O. The van der Waals surface area contributed by atoms with Crippen molar-refractivity contribution < 1.29 is 4.79 Å². The molecule has 1 atom stereocenters. The minimum absolute atomic E-state index is 0.251. The van der Waals surface area contributed by atoms with Crippen molar-refractivity contribution in [3.63, 3.8) is 0 Å². The molecule has 0 saturated carbocycles. The maximum Gasteiger partial charge on any atom is 0.130 e. The molecule has 0 aliphatic rings. The number of hydrogen-bond acceptors (Lipinski definition) is 1. The molecule has 1 heteroatoms. The van der Waals surface area contributed by atoms with Gasteiger partial charge in [-0.1, -0.05) is 49.4 Å². The molecule has 0 saturated heterocycles. The number of ketones is 1. The van der Waals surface area contributed by atoms with Gasteiger partial charge in [-0.25, -0.2) is 0 Å². The van der Waals surface area contributed by atoms with Crippen molar-refractivity contribution >= 4 is 16.6 Å². The molecule has 0 aliphatic heterocycles. The van der Waals surface area contributed by atoms with Gasteiger partial charge in [-0.05, 0) is 29.2 Å². The predicted molar refractivity (Wildman–Crippen MR) is 67.7 cm³/mol. The highest BCUT2D eigenvalue weighted by molar-refractivity contribution is 5.83. The van der Waals surface area contributed by atoms with Crippen LogP contribution in [0.3, 0.4) is 0 Å². The van der Waals surface area contributed by atoms with Gasteiger partial charge in [-0.3, -0.25) is 0 Å². The van der Waals surface area contributed by atoms with Crippen molar-refractivity contribution in [1.82, 2.24) is 0 Å². The van der Waals surface area contributed by atoms with E-state index in [0.29, 0.717) is 12.3 Å². The van der Waals surface area contributed by atoms with Gasteiger partial charge >= 0.3 is 0 Å². The van der Waals surface area contributed by atoms with Crippen LogP contribution in [0.15, 0.2) is 42.5 Å². The zero-order valence-corrected chi connectivity index (χ0v) is 9.73. The van der Waals surface area contributed by atoms with Crippen LogP contribution in [0.1, 0.15) is 31.7 Å². The van der Waals surface area contributed by atoms with Crippen molar-refractivity contribution in [3.8, 4) is 0 Å². The lowest BCUT2D eigenvalue weighted by Crippen LogP contribution is -2.00. The Hall–Kier alpha value is -1.63. The number of carbonyl (C=O) groups excluding carboxylic acids is 1. The van der Waals surface area contributed by atoms with Crippen molar-refractivity contribution in [3.05, 3.63) is 48.0 Å². The van der Waals surface area contributed by atoms with Crippen molar-refractivity contribution in [1.29, 1.82) is 0 Å². The van der Waals surface area contributed by atoms with E-state index in [0.717, 1.165) is 0 Å². The van der Waals surface area contributed by atoms with E-state index in [4.69, 9.17) is 0 Å². The standard InChI is InChI=1S/C15H16O/c1-11(9-12(2)16)14-8-7-13-5-3-4-6-15(13)10-14/h3-8,10-11H,9H2,1-2H3. The van der Waals surface area contributed by atoms with Crippen LogP contribution in [-0.2, 0) is 4.79 Å². The third kappa shape index (κ3) is 2.30. The second-order valence-electron chi connectivity index (χ2n) is 4.41. The van der Waals surface area contributed by atoms with E-state index in [2.05, 4.69) is 37.3 Å². The summed E-state index contributed by atoms with van der Waals surface area (Å²) in [6, 6.07) is 14.7. The van der Waals surface area contributed by atoms with Crippen LogP contribution >= 0.6 is 0 Å². The van der Waals surface area contributed by atoms with E-state index in [9.17, 15) is 4.79 Å². The summed E-state index contributed by atoms with van der Waals surface area (Å²) in [5.74, 6) is 0.558. The zero-order valence-electron chi connectivity index (χ0n) is 9.73. The summed E-state index contributed by atoms with van der Waals surface area (Å²) in [5.41, 5.74) is 1.24. The Balaban J connectivity index is 2.35. The van der Waals surface area contributed by atoms with E-state index >= 15 is 0 Å². The van der Waals surface area contributed by atoms with Gasteiger partial charge in [-0.2, -0.15) is 0 Å². The summed E-state index contributed by atoms with van der Waals surface area (Å²) in [5, 5.41) is 2.50. The molecule has 0 radical (unpaired) electrons. The summed E-state index contributed by atoms with van der Waals surface area (Å²) in [4.78, 5) is 11.1. The van der Waals surface area contributed by atoms with Crippen molar-refractivity contribution in [2.24, 2.45) is 0 Å². The summed E-state index contributed by atoms with van der Waals surface area (Å²) >= 11 is 0. The van der Waals surface area contributed by atoms with Crippen LogP contribution in [0, 0.1) is 0 Å². The molecule has 16 heavy (non-hydrogen) atoms. The Morgan fingerprint density at radius 2 is 1.81 bits per heavy atom. The van der Waals surface area contributed by atoms with E-state index < -0.39 is 0 Å². The fraction of sp³-hybridized carbons (Fsp3) is 0.267. The molecule has 0 aliphatic carbocycles. The van der Waals surface area contributed by atoms with Crippen LogP contribution in [-0.4, -0.2) is 5.78 Å². The smallest absolute Gasteiger partial charge is 0.130 e. The van der Waals surface area contributed by atoms with Gasteiger partial charge in [0.05, 0.1) is 0 Å². The molecule has 0 bridgehead atoms. The van der Waals surface area contributed by atoms with Crippen LogP contribution < -0.4 is 0 Å². The molecule has 2 aromatic carbocycles. The van der Waals surface area contributed by atoms with Crippen LogP contribution in [0.2, 0.25) is 0 Å². The van der Waals surface area contributed by atoms with E-state index in [1.165, 1.54) is 16.3 Å². The second-order valence-corrected chi connectivity index (χ2v) is 4.41. The summed E-state index contributed by atoms with van der Waals surface area (Å²) < 4.78 is 0. The SMILES string of the molecule is CC(=O)CC(C)c1ccc2ccccc2c1. The Bertz CT molecular complexity index is 514. The molecule has 0 fully saturated rings. The van der Waals surface area contributed by atoms with E-state index in [1.54, 1.807) is 6.92 Å². The monoisotopic (exact) mass is 212 g/mol. The first kappa shape index (κ1) is 10.9. The topological polar surface area (TPSA) is 17.1 Å². The molecule has 2 rings (SSSR count). The first-order chi connectivity index (χ1) is 7.66. The molecule has 0 aromatic heterocycles. The Morgan fingerprint density at radius 1 is 1.12 bits per heavy atom. The maximum absolute atomic E-state index is 11.1.